The first-order valence-corrected chi connectivity index (χ1v) is 5.22. The van der Waals surface area contributed by atoms with Crippen LogP contribution in [0.2, 0.25) is 0 Å². The van der Waals surface area contributed by atoms with Crippen molar-refractivity contribution in [1.29, 1.82) is 0 Å². The molecule has 1 aromatic carbocycles. The van der Waals surface area contributed by atoms with E-state index in [4.69, 9.17) is 4.42 Å². The average molecular weight is 245 g/mol. The SMILES string of the molecule is O=C(Nc1cn[nH]c1)c1cc2cccc(F)c2o1. The number of para-hydroxylation sites is 1. The number of fused-ring (bicyclic) bond motifs is 1. The molecule has 2 aromatic heterocycles. The third kappa shape index (κ3) is 1.73. The van der Waals surface area contributed by atoms with E-state index in [0.29, 0.717) is 11.1 Å². The number of nitrogens with one attached hydrogen (secondary N) is 2. The molecular formula is C12H8FN3O2. The van der Waals surface area contributed by atoms with Gasteiger partial charge in [0.25, 0.3) is 5.91 Å². The number of carbonyl (C=O) groups excluding carboxylic acids is 1. The number of nitrogens with zero attached hydrogens (tertiary/aromatic N) is 1. The fraction of sp³-hybridized carbons (Fsp3) is 0. The van der Waals surface area contributed by atoms with Crippen LogP contribution in [0.3, 0.4) is 0 Å². The Hall–Kier alpha value is -2.63. The third-order valence-corrected chi connectivity index (χ3v) is 2.48. The standard InChI is InChI=1S/C12H8FN3O2/c13-9-3-1-2-7-4-10(18-11(7)9)12(17)16-8-5-14-15-6-8/h1-6H,(H,14,15)(H,16,17). The van der Waals surface area contributed by atoms with Gasteiger partial charge in [-0.15, -0.1) is 0 Å². The van der Waals surface area contributed by atoms with Crippen molar-refractivity contribution in [2.45, 2.75) is 0 Å². The summed E-state index contributed by atoms with van der Waals surface area (Å²) in [6, 6.07) is 6.01. The number of benzene rings is 1. The van der Waals surface area contributed by atoms with Gasteiger partial charge in [0.05, 0.1) is 11.9 Å². The van der Waals surface area contributed by atoms with E-state index in [1.54, 1.807) is 12.1 Å². The van der Waals surface area contributed by atoms with Crippen LogP contribution in [0.5, 0.6) is 0 Å². The number of anilines is 1. The van der Waals surface area contributed by atoms with Crippen LogP contribution in [-0.2, 0) is 0 Å². The topological polar surface area (TPSA) is 70.9 Å². The van der Waals surface area contributed by atoms with Crippen molar-refractivity contribution in [3.8, 4) is 0 Å². The summed E-state index contributed by atoms with van der Waals surface area (Å²) in [5, 5.41) is 9.38. The fourth-order valence-electron chi connectivity index (χ4n) is 1.65. The van der Waals surface area contributed by atoms with Gasteiger partial charge in [-0.25, -0.2) is 4.39 Å². The molecule has 0 spiro atoms. The number of amides is 1. The van der Waals surface area contributed by atoms with Crippen LogP contribution in [0.15, 0.2) is 41.1 Å². The maximum atomic E-state index is 13.4. The summed E-state index contributed by atoms with van der Waals surface area (Å²) in [5.41, 5.74) is 0.593. The molecule has 0 aliphatic rings. The molecule has 6 heteroatoms. The summed E-state index contributed by atoms with van der Waals surface area (Å²) in [7, 11) is 0. The molecule has 0 saturated heterocycles. The Morgan fingerprint density at radius 2 is 2.33 bits per heavy atom. The van der Waals surface area contributed by atoms with Gasteiger partial charge in [0.15, 0.2) is 17.2 Å². The molecule has 0 unspecified atom stereocenters. The number of halogens is 1. The highest BCUT2D eigenvalue weighted by Crippen LogP contribution is 2.22. The minimum absolute atomic E-state index is 0.0521. The Labute approximate surface area is 101 Å². The van der Waals surface area contributed by atoms with Crippen LogP contribution in [0, 0.1) is 5.82 Å². The van der Waals surface area contributed by atoms with Gasteiger partial charge in [0.2, 0.25) is 0 Å². The lowest BCUT2D eigenvalue weighted by Crippen LogP contribution is -2.09. The van der Waals surface area contributed by atoms with Crippen molar-refractivity contribution in [3.63, 3.8) is 0 Å². The number of aromatic nitrogens is 2. The van der Waals surface area contributed by atoms with Crippen molar-refractivity contribution >= 4 is 22.6 Å². The molecule has 0 saturated carbocycles. The van der Waals surface area contributed by atoms with E-state index in [1.807, 2.05) is 0 Å². The highest BCUT2D eigenvalue weighted by Gasteiger charge is 2.14. The quantitative estimate of drug-likeness (QED) is 0.728. The summed E-state index contributed by atoms with van der Waals surface area (Å²) in [5.74, 6) is -0.891. The van der Waals surface area contributed by atoms with Crippen LogP contribution >= 0.6 is 0 Å². The first-order valence-electron chi connectivity index (χ1n) is 5.22. The number of H-pyrrole nitrogens is 1. The predicted molar refractivity (Wildman–Crippen MR) is 62.7 cm³/mol. The number of hydrogen-bond donors (Lipinski definition) is 2. The van der Waals surface area contributed by atoms with Crippen molar-refractivity contribution < 1.29 is 13.6 Å². The maximum absolute atomic E-state index is 13.4. The van der Waals surface area contributed by atoms with Crippen LogP contribution in [-0.4, -0.2) is 16.1 Å². The van der Waals surface area contributed by atoms with Crippen molar-refractivity contribution in [2.24, 2.45) is 0 Å². The van der Waals surface area contributed by atoms with Crippen molar-refractivity contribution in [1.82, 2.24) is 10.2 Å². The molecule has 3 rings (SSSR count). The first kappa shape index (κ1) is 10.5. The van der Waals surface area contributed by atoms with Gasteiger partial charge in [-0.3, -0.25) is 9.89 Å². The monoisotopic (exact) mass is 245 g/mol. The minimum Gasteiger partial charge on any atom is -0.448 e. The number of hydrogen-bond acceptors (Lipinski definition) is 3. The molecule has 0 aliphatic heterocycles. The lowest BCUT2D eigenvalue weighted by atomic mass is 10.2. The van der Waals surface area contributed by atoms with Crippen molar-refractivity contribution in [2.75, 3.05) is 5.32 Å². The van der Waals surface area contributed by atoms with E-state index in [1.165, 1.54) is 24.5 Å². The zero-order chi connectivity index (χ0) is 12.5. The molecule has 2 heterocycles. The Morgan fingerprint density at radius 3 is 3.06 bits per heavy atom. The number of furan rings is 1. The first-order chi connectivity index (χ1) is 8.74. The summed E-state index contributed by atoms with van der Waals surface area (Å²) in [4.78, 5) is 11.8. The Balaban J connectivity index is 1.94. The Kier molecular flexibility index (Phi) is 2.33. The highest BCUT2D eigenvalue weighted by atomic mass is 19.1. The molecule has 0 radical (unpaired) electrons. The van der Waals surface area contributed by atoms with Gasteiger partial charge in [0, 0.05) is 11.6 Å². The Morgan fingerprint density at radius 1 is 1.44 bits per heavy atom. The van der Waals surface area contributed by atoms with E-state index in [0.717, 1.165) is 0 Å². The molecule has 3 aromatic rings. The van der Waals surface area contributed by atoms with E-state index in [9.17, 15) is 9.18 Å². The third-order valence-electron chi connectivity index (χ3n) is 2.48. The minimum atomic E-state index is -0.491. The lowest BCUT2D eigenvalue weighted by molar-refractivity contribution is 0.0998. The van der Waals surface area contributed by atoms with Gasteiger partial charge in [-0.2, -0.15) is 5.10 Å². The van der Waals surface area contributed by atoms with E-state index in [2.05, 4.69) is 15.5 Å². The van der Waals surface area contributed by atoms with Crippen LogP contribution in [0.1, 0.15) is 10.6 Å². The molecule has 0 fully saturated rings. The van der Waals surface area contributed by atoms with Crippen LogP contribution in [0.4, 0.5) is 10.1 Å². The summed E-state index contributed by atoms with van der Waals surface area (Å²) >= 11 is 0. The fourth-order valence-corrected chi connectivity index (χ4v) is 1.65. The zero-order valence-electron chi connectivity index (χ0n) is 9.11. The van der Waals surface area contributed by atoms with E-state index >= 15 is 0 Å². The summed E-state index contributed by atoms with van der Waals surface area (Å²) < 4.78 is 18.6. The van der Waals surface area contributed by atoms with Gasteiger partial charge < -0.3 is 9.73 Å². The zero-order valence-corrected chi connectivity index (χ0v) is 9.11. The largest absolute Gasteiger partial charge is 0.448 e. The second-order valence-electron chi connectivity index (χ2n) is 3.71. The molecule has 0 atom stereocenters. The van der Waals surface area contributed by atoms with Gasteiger partial charge in [0.1, 0.15) is 0 Å². The molecule has 2 N–H and O–H groups in total. The summed E-state index contributed by atoms with van der Waals surface area (Å²) in [6.07, 6.45) is 2.99. The van der Waals surface area contributed by atoms with Gasteiger partial charge in [-0.05, 0) is 12.1 Å². The Bertz CT molecular complexity index is 703. The van der Waals surface area contributed by atoms with Crippen LogP contribution in [0.25, 0.3) is 11.0 Å². The summed E-state index contributed by atoms with van der Waals surface area (Å²) in [6.45, 7) is 0. The number of rotatable bonds is 2. The van der Waals surface area contributed by atoms with E-state index < -0.39 is 11.7 Å². The normalized spacial score (nSPS) is 10.7. The van der Waals surface area contributed by atoms with E-state index in [-0.39, 0.29) is 11.3 Å². The van der Waals surface area contributed by atoms with Crippen LogP contribution < -0.4 is 5.32 Å². The molecular weight excluding hydrogens is 237 g/mol. The number of aromatic amines is 1. The average Bonchev–Trinajstić information content (AvgIpc) is 2.97. The second-order valence-corrected chi connectivity index (χ2v) is 3.71. The molecule has 5 nitrogen and oxygen atoms in total. The van der Waals surface area contributed by atoms with Gasteiger partial charge >= 0.3 is 0 Å². The molecule has 0 aliphatic carbocycles. The smallest absolute Gasteiger partial charge is 0.291 e. The highest BCUT2D eigenvalue weighted by molar-refractivity contribution is 6.04. The van der Waals surface area contributed by atoms with Gasteiger partial charge in [-0.1, -0.05) is 12.1 Å². The molecule has 18 heavy (non-hydrogen) atoms. The lowest BCUT2D eigenvalue weighted by Gasteiger charge is -1.97. The molecule has 0 bridgehead atoms. The second kappa shape index (κ2) is 3.99. The maximum Gasteiger partial charge on any atom is 0.291 e. The predicted octanol–water partition coefficient (Wildman–Crippen LogP) is 2.55. The molecule has 90 valence electrons. The number of carbonyl (C=O) groups is 1. The van der Waals surface area contributed by atoms with Crippen molar-refractivity contribution in [3.05, 3.63) is 48.2 Å². The molecule has 1 amide bonds.